The summed E-state index contributed by atoms with van der Waals surface area (Å²) in [4.78, 5) is 31.0. The predicted molar refractivity (Wildman–Crippen MR) is 93.7 cm³/mol. The molecular weight excluding hydrogens is 424 g/mol. The molecule has 3 heterocycles. The van der Waals surface area contributed by atoms with Crippen LogP contribution in [0.4, 0.5) is 26.3 Å². The van der Waals surface area contributed by atoms with Crippen molar-refractivity contribution in [1.82, 2.24) is 14.5 Å². The van der Waals surface area contributed by atoms with E-state index in [1.54, 1.807) is 6.92 Å². The van der Waals surface area contributed by atoms with Crippen molar-refractivity contribution in [2.75, 3.05) is 13.1 Å². The lowest BCUT2D eigenvalue weighted by molar-refractivity contribution is -0.334. The van der Waals surface area contributed by atoms with E-state index in [9.17, 15) is 35.9 Å². The lowest BCUT2D eigenvalue weighted by atomic mass is 9.85. The van der Waals surface area contributed by atoms with Crippen LogP contribution in [0.15, 0.2) is 11.1 Å². The fourth-order valence-electron chi connectivity index (χ4n) is 3.45. The third-order valence-electron chi connectivity index (χ3n) is 5.43. The Bertz CT molecular complexity index is 993. The Labute approximate surface area is 164 Å². The van der Waals surface area contributed by atoms with Gasteiger partial charge in [-0.1, -0.05) is 0 Å². The number of carbonyl (C=O) groups excluding carboxylic acids is 1. The summed E-state index contributed by atoms with van der Waals surface area (Å²) in [5, 5.41) is 0.400. The smallest absolute Gasteiger partial charge is 0.341 e. The van der Waals surface area contributed by atoms with Crippen LogP contribution in [-0.4, -0.2) is 45.8 Å². The molecule has 160 valence electrons. The van der Waals surface area contributed by atoms with Crippen molar-refractivity contribution < 1.29 is 31.1 Å². The van der Waals surface area contributed by atoms with Crippen molar-refractivity contribution in [3.05, 3.63) is 27.1 Å². The molecule has 0 unspecified atom stereocenters. The van der Waals surface area contributed by atoms with Crippen LogP contribution in [0.1, 0.15) is 23.3 Å². The number of hydrogen-bond donors (Lipinski definition) is 0. The molecule has 2 aromatic rings. The van der Waals surface area contributed by atoms with E-state index in [1.807, 2.05) is 6.92 Å². The van der Waals surface area contributed by atoms with Gasteiger partial charge in [0.05, 0.1) is 11.7 Å². The van der Waals surface area contributed by atoms with E-state index < -0.39 is 55.2 Å². The second kappa shape index (κ2) is 6.99. The van der Waals surface area contributed by atoms with Gasteiger partial charge >= 0.3 is 12.4 Å². The minimum absolute atomic E-state index is 0.184. The highest BCUT2D eigenvalue weighted by atomic mass is 32.1. The van der Waals surface area contributed by atoms with E-state index in [1.165, 1.54) is 17.7 Å². The Balaban J connectivity index is 1.76. The van der Waals surface area contributed by atoms with Gasteiger partial charge in [0.2, 0.25) is 5.91 Å². The molecule has 0 aromatic carbocycles. The number of thiophene rings is 1. The van der Waals surface area contributed by atoms with Crippen molar-refractivity contribution in [2.45, 2.75) is 45.6 Å². The molecule has 29 heavy (non-hydrogen) atoms. The summed E-state index contributed by atoms with van der Waals surface area (Å²) in [6, 6.07) is 0. The van der Waals surface area contributed by atoms with Crippen LogP contribution in [0.5, 0.6) is 0 Å². The molecule has 0 aliphatic carbocycles. The van der Waals surface area contributed by atoms with Gasteiger partial charge in [-0.25, -0.2) is 4.98 Å². The summed E-state index contributed by atoms with van der Waals surface area (Å²) >= 11 is 1.34. The van der Waals surface area contributed by atoms with Gasteiger partial charge in [0.25, 0.3) is 5.56 Å². The molecule has 12 heteroatoms. The number of aryl methyl sites for hydroxylation is 3. The van der Waals surface area contributed by atoms with Crippen LogP contribution < -0.4 is 5.56 Å². The molecule has 0 spiro atoms. The maximum Gasteiger partial charge on any atom is 0.404 e. The first-order valence-electron chi connectivity index (χ1n) is 8.65. The molecule has 0 N–H and O–H groups in total. The van der Waals surface area contributed by atoms with Gasteiger partial charge < -0.3 is 4.90 Å². The zero-order valence-electron chi connectivity index (χ0n) is 15.4. The first-order valence-corrected chi connectivity index (χ1v) is 9.46. The van der Waals surface area contributed by atoms with Crippen LogP contribution in [0.3, 0.4) is 0 Å². The Hall–Kier alpha value is -2.11. The number of rotatable bonds is 3. The van der Waals surface area contributed by atoms with Gasteiger partial charge in [0.1, 0.15) is 4.83 Å². The molecule has 0 saturated carbocycles. The van der Waals surface area contributed by atoms with Gasteiger partial charge in [0.15, 0.2) is 5.41 Å². The van der Waals surface area contributed by atoms with E-state index >= 15 is 0 Å². The Morgan fingerprint density at radius 3 is 2.38 bits per heavy atom. The minimum atomic E-state index is -5.51. The second-order valence-corrected chi connectivity index (χ2v) is 8.30. The molecule has 1 amide bonds. The first kappa shape index (κ1) is 21.6. The predicted octanol–water partition coefficient (Wildman–Crippen LogP) is 3.81. The number of aromatic nitrogens is 2. The number of fused-ring (bicyclic) bond motifs is 1. The SMILES string of the molecule is Cc1sc2ncn(CCC(=O)N3CCC(C(F)(F)F)(C(F)(F)F)C3)c(=O)c2c1C. The summed E-state index contributed by atoms with van der Waals surface area (Å²) in [6.07, 6.45) is -11.4. The lowest BCUT2D eigenvalue weighted by Gasteiger charge is -2.33. The number of likely N-dealkylation sites (tertiary alicyclic amines) is 1. The minimum Gasteiger partial charge on any atom is -0.341 e. The molecule has 1 aliphatic rings. The molecule has 0 atom stereocenters. The number of nitrogens with zero attached hydrogens (tertiary/aromatic N) is 3. The third-order valence-corrected chi connectivity index (χ3v) is 6.54. The zero-order valence-corrected chi connectivity index (χ0v) is 16.3. The molecule has 3 rings (SSSR count). The number of halogens is 6. The molecule has 1 fully saturated rings. The quantitative estimate of drug-likeness (QED) is 0.681. The van der Waals surface area contributed by atoms with Crippen LogP contribution >= 0.6 is 11.3 Å². The molecular formula is C17H17F6N3O2S. The first-order chi connectivity index (χ1) is 13.3. The average Bonchev–Trinajstić information content (AvgIpc) is 3.17. The van der Waals surface area contributed by atoms with Crippen molar-refractivity contribution in [1.29, 1.82) is 0 Å². The number of amides is 1. The third kappa shape index (κ3) is 3.51. The topological polar surface area (TPSA) is 55.2 Å². The zero-order chi connectivity index (χ0) is 21.8. The molecule has 1 aliphatic heterocycles. The molecule has 1 saturated heterocycles. The monoisotopic (exact) mass is 441 g/mol. The fraction of sp³-hybridized carbons (Fsp3) is 0.588. The Kier molecular flexibility index (Phi) is 5.21. The largest absolute Gasteiger partial charge is 0.404 e. The number of hydrogen-bond acceptors (Lipinski definition) is 4. The fourth-order valence-corrected chi connectivity index (χ4v) is 4.44. The highest BCUT2D eigenvalue weighted by Crippen LogP contribution is 2.55. The Morgan fingerprint density at radius 1 is 1.21 bits per heavy atom. The summed E-state index contributed by atoms with van der Waals surface area (Å²) in [5.74, 6) is -0.870. The molecule has 2 aromatic heterocycles. The maximum atomic E-state index is 13.1. The van der Waals surface area contributed by atoms with Crippen molar-refractivity contribution in [2.24, 2.45) is 5.41 Å². The van der Waals surface area contributed by atoms with E-state index in [0.717, 1.165) is 15.0 Å². The Morgan fingerprint density at radius 2 is 1.83 bits per heavy atom. The summed E-state index contributed by atoms with van der Waals surface area (Å²) in [6.45, 7) is 1.29. The molecule has 0 bridgehead atoms. The maximum absolute atomic E-state index is 13.1. The number of carbonyl (C=O) groups is 1. The summed E-state index contributed by atoms with van der Waals surface area (Å²) in [5.41, 5.74) is -3.56. The van der Waals surface area contributed by atoms with Gasteiger partial charge in [-0.3, -0.25) is 14.2 Å². The van der Waals surface area contributed by atoms with E-state index in [2.05, 4.69) is 4.98 Å². The summed E-state index contributed by atoms with van der Waals surface area (Å²) < 4.78 is 79.9. The summed E-state index contributed by atoms with van der Waals surface area (Å²) in [7, 11) is 0. The van der Waals surface area contributed by atoms with Crippen LogP contribution in [0.2, 0.25) is 0 Å². The van der Waals surface area contributed by atoms with Gasteiger partial charge in [-0.05, 0) is 25.8 Å². The van der Waals surface area contributed by atoms with Crippen LogP contribution in [0, 0.1) is 19.3 Å². The van der Waals surface area contributed by atoms with Crippen molar-refractivity contribution in [3.63, 3.8) is 0 Å². The highest BCUT2D eigenvalue weighted by molar-refractivity contribution is 7.18. The molecule has 0 radical (unpaired) electrons. The van der Waals surface area contributed by atoms with Crippen LogP contribution in [-0.2, 0) is 11.3 Å². The van der Waals surface area contributed by atoms with Gasteiger partial charge in [-0.2, -0.15) is 26.3 Å². The van der Waals surface area contributed by atoms with Gasteiger partial charge in [0, 0.05) is 30.9 Å². The normalized spacial score (nSPS) is 17.3. The number of alkyl halides is 6. The molecule has 5 nitrogen and oxygen atoms in total. The lowest BCUT2D eigenvalue weighted by Crippen LogP contribution is -2.52. The van der Waals surface area contributed by atoms with E-state index in [4.69, 9.17) is 0 Å². The van der Waals surface area contributed by atoms with E-state index in [-0.39, 0.29) is 6.54 Å². The van der Waals surface area contributed by atoms with E-state index in [0.29, 0.717) is 15.1 Å². The average molecular weight is 441 g/mol. The standard InChI is InChI=1S/C17H17F6N3O2S/c1-9-10(2)29-13-12(9)14(28)26(8-24-13)5-3-11(27)25-6-4-15(7-25,16(18,19)20)17(21,22)23/h8H,3-7H2,1-2H3. The van der Waals surface area contributed by atoms with Crippen molar-refractivity contribution >= 4 is 27.5 Å². The van der Waals surface area contributed by atoms with Crippen LogP contribution in [0.25, 0.3) is 10.2 Å². The van der Waals surface area contributed by atoms with Gasteiger partial charge in [-0.15, -0.1) is 11.3 Å². The second-order valence-electron chi connectivity index (χ2n) is 7.10. The highest BCUT2D eigenvalue weighted by Gasteiger charge is 2.72. The van der Waals surface area contributed by atoms with Crippen molar-refractivity contribution in [3.8, 4) is 0 Å².